The fourth-order valence-corrected chi connectivity index (χ4v) is 4.50. The van der Waals surface area contributed by atoms with Crippen molar-refractivity contribution in [2.75, 3.05) is 25.0 Å². The summed E-state index contributed by atoms with van der Waals surface area (Å²) < 4.78 is 8.31. The van der Waals surface area contributed by atoms with E-state index in [9.17, 15) is 0 Å². The van der Waals surface area contributed by atoms with Crippen LogP contribution in [0.25, 0.3) is 10.9 Å². The number of halogens is 1. The quantitative estimate of drug-likeness (QED) is 0.575. The molecule has 0 bridgehead atoms. The van der Waals surface area contributed by atoms with Crippen molar-refractivity contribution in [3.05, 3.63) is 88.4 Å². The van der Waals surface area contributed by atoms with Gasteiger partial charge in [0.1, 0.15) is 12.4 Å². The van der Waals surface area contributed by atoms with Gasteiger partial charge >= 0.3 is 0 Å². The van der Waals surface area contributed by atoms with Crippen LogP contribution in [0.1, 0.15) is 16.8 Å². The van der Waals surface area contributed by atoms with Crippen molar-refractivity contribution in [1.82, 2.24) is 9.47 Å². The Morgan fingerprint density at radius 3 is 2.67 bits per heavy atom. The first-order valence-corrected chi connectivity index (χ1v) is 10.8. The van der Waals surface area contributed by atoms with E-state index in [-0.39, 0.29) is 0 Å². The predicted molar refractivity (Wildman–Crippen MR) is 124 cm³/mol. The molecule has 2 aliphatic rings. The minimum Gasteiger partial charge on any atom is -0.489 e. The molecule has 0 atom stereocenters. The van der Waals surface area contributed by atoms with Gasteiger partial charge in [-0.2, -0.15) is 0 Å². The molecule has 0 spiro atoms. The van der Waals surface area contributed by atoms with E-state index in [1.807, 2.05) is 30.3 Å². The Labute approximate surface area is 182 Å². The molecule has 0 amide bonds. The minimum absolute atomic E-state index is 0.544. The van der Waals surface area contributed by atoms with Crippen LogP contribution in [0.5, 0.6) is 0 Å². The summed E-state index contributed by atoms with van der Waals surface area (Å²) in [6.45, 7) is 3.50. The number of rotatable bonds is 4. The van der Waals surface area contributed by atoms with Crippen molar-refractivity contribution < 1.29 is 4.74 Å². The number of hydrogen-bond acceptors (Lipinski definition) is 3. The normalized spacial score (nSPS) is 16.6. The summed E-state index contributed by atoms with van der Waals surface area (Å²) >= 11 is 5.94. The third kappa shape index (κ3) is 3.62. The number of hydrogen-bond donors (Lipinski definition) is 0. The van der Waals surface area contributed by atoms with Crippen LogP contribution in [0.15, 0.2) is 66.6 Å². The zero-order valence-electron chi connectivity index (χ0n) is 17.4. The lowest BCUT2D eigenvalue weighted by atomic mass is 10.0. The minimum atomic E-state index is 0.544. The van der Waals surface area contributed by atoms with E-state index in [0.717, 1.165) is 42.4 Å². The lowest BCUT2D eigenvalue weighted by molar-refractivity contribution is 0.209. The molecule has 0 unspecified atom stereocenters. The number of aromatic nitrogens is 1. The van der Waals surface area contributed by atoms with Gasteiger partial charge < -0.3 is 19.1 Å². The second kappa shape index (κ2) is 7.86. The maximum atomic E-state index is 5.94. The number of fused-ring (bicyclic) bond motifs is 3. The summed E-state index contributed by atoms with van der Waals surface area (Å²) in [6, 6.07) is 14.6. The first kappa shape index (κ1) is 19.3. The second-order valence-electron chi connectivity index (χ2n) is 8.16. The molecule has 3 heterocycles. The zero-order valence-corrected chi connectivity index (χ0v) is 18.2. The van der Waals surface area contributed by atoms with Crippen molar-refractivity contribution in [3.63, 3.8) is 0 Å². The standard InChI is InChI=1S/C25H26ClN3O/c1-27-12-11-23-22-8-7-20(15-24(22)28(2)25(23)16-27)29-13-9-21(10-14-29)30-17-18-3-5-19(26)6-4-18/h3-10,13,15H,11-12,14,16-17H2,1-2H3. The lowest BCUT2D eigenvalue weighted by Gasteiger charge is -2.23. The highest BCUT2D eigenvalue weighted by atomic mass is 35.5. The topological polar surface area (TPSA) is 20.6 Å². The fourth-order valence-electron chi connectivity index (χ4n) is 4.38. The van der Waals surface area contributed by atoms with Crippen LogP contribution in [0.3, 0.4) is 0 Å². The lowest BCUT2D eigenvalue weighted by Crippen LogP contribution is -2.27. The van der Waals surface area contributed by atoms with E-state index in [0.29, 0.717) is 6.61 Å². The molecular weight excluding hydrogens is 394 g/mol. The Bertz CT molecular complexity index is 1140. The van der Waals surface area contributed by atoms with Crippen molar-refractivity contribution in [1.29, 1.82) is 0 Å². The molecule has 30 heavy (non-hydrogen) atoms. The van der Waals surface area contributed by atoms with E-state index in [1.165, 1.54) is 27.8 Å². The number of benzene rings is 2. The van der Waals surface area contributed by atoms with Gasteiger partial charge in [0.25, 0.3) is 0 Å². The van der Waals surface area contributed by atoms with Gasteiger partial charge in [-0.25, -0.2) is 0 Å². The highest BCUT2D eigenvalue weighted by Gasteiger charge is 2.21. The molecule has 0 saturated heterocycles. The summed E-state index contributed by atoms with van der Waals surface area (Å²) in [5.74, 6) is 0.902. The molecule has 0 N–H and O–H groups in total. The largest absolute Gasteiger partial charge is 0.489 e. The van der Waals surface area contributed by atoms with E-state index in [4.69, 9.17) is 16.3 Å². The van der Waals surface area contributed by atoms with Gasteiger partial charge in [-0.1, -0.05) is 29.8 Å². The number of allylic oxidation sites excluding steroid dienone is 1. The highest BCUT2D eigenvalue weighted by Crippen LogP contribution is 2.33. The Balaban J connectivity index is 1.30. The van der Waals surface area contributed by atoms with Crippen LogP contribution in [-0.2, 0) is 31.4 Å². The monoisotopic (exact) mass is 419 g/mol. The molecule has 2 aliphatic heterocycles. The molecule has 3 aromatic rings. The van der Waals surface area contributed by atoms with Crippen LogP contribution in [0.2, 0.25) is 5.02 Å². The molecule has 0 saturated carbocycles. The van der Waals surface area contributed by atoms with Gasteiger partial charge in [0.05, 0.1) is 5.52 Å². The van der Waals surface area contributed by atoms with Crippen molar-refractivity contribution in [2.45, 2.75) is 19.6 Å². The van der Waals surface area contributed by atoms with E-state index >= 15 is 0 Å². The Morgan fingerprint density at radius 2 is 1.90 bits per heavy atom. The molecule has 154 valence electrons. The number of anilines is 1. The Morgan fingerprint density at radius 1 is 1.07 bits per heavy atom. The van der Waals surface area contributed by atoms with Crippen molar-refractivity contribution in [3.8, 4) is 0 Å². The third-order valence-corrected chi connectivity index (χ3v) is 6.39. The SMILES string of the molecule is CN1CCc2c(n(C)c3cc(N4C=CC(OCc5ccc(Cl)cc5)=CC4)ccc23)C1. The Kier molecular flexibility index (Phi) is 5.05. The summed E-state index contributed by atoms with van der Waals surface area (Å²) in [5, 5.41) is 2.14. The van der Waals surface area contributed by atoms with Gasteiger partial charge in [-0.3, -0.25) is 0 Å². The van der Waals surface area contributed by atoms with Gasteiger partial charge in [0.2, 0.25) is 0 Å². The maximum Gasteiger partial charge on any atom is 0.119 e. The third-order valence-electron chi connectivity index (χ3n) is 6.14. The number of nitrogens with zero attached hydrogens (tertiary/aromatic N) is 3. The molecule has 5 heteroatoms. The average Bonchev–Trinajstić information content (AvgIpc) is 3.05. The molecule has 4 nitrogen and oxygen atoms in total. The molecule has 5 rings (SSSR count). The number of ether oxygens (including phenoxy) is 1. The van der Waals surface area contributed by atoms with Crippen LogP contribution in [0, 0.1) is 0 Å². The van der Waals surface area contributed by atoms with Gasteiger partial charge in [0.15, 0.2) is 0 Å². The number of likely N-dealkylation sites (N-methyl/N-ethyl adjacent to an activating group) is 1. The summed E-state index contributed by atoms with van der Waals surface area (Å²) in [4.78, 5) is 4.65. The molecule has 0 fully saturated rings. The van der Waals surface area contributed by atoms with Crippen LogP contribution < -0.4 is 4.90 Å². The fraction of sp³-hybridized carbons (Fsp3) is 0.280. The highest BCUT2D eigenvalue weighted by molar-refractivity contribution is 6.30. The molecule has 0 aliphatic carbocycles. The molecule has 1 aromatic heterocycles. The average molecular weight is 420 g/mol. The van der Waals surface area contributed by atoms with Crippen LogP contribution >= 0.6 is 11.6 Å². The smallest absolute Gasteiger partial charge is 0.119 e. The predicted octanol–water partition coefficient (Wildman–Crippen LogP) is 5.25. The van der Waals surface area contributed by atoms with Gasteiger partial charge in [-0.15, -0.1) is 0 Å². The molecular formula is C25H26ClN3O. The first-order chi connectivity index (χ1) is 14.6. The van der Waals surface area contributed by atoms with Gasteiger partial charge in [-0.05, 0) is 61.0 Å². The van der Waals surface area contributed by atoms with Crippen LogP contribution in [0.4, 0.5) is 5.69 Å². The second-order valence-corrected chi connectivity index (χ2v) is 8.60. The Hall–Kier alpha value is -2.69. The number of aryl methyl sites for hydroxylation is 1. The van der Waals surface area contributed by atoms with Crippen molar-refractivity contribution in [2.24, 2.45) is 7.05 Å². The van der Waals surface area contributed by atoms with E-state index in [2.05, 4.69) is 58.9 Å². The summed E-state index contributed by atoms with van der Waals surface area (Å²) in [5.41, 5.74) is 6.60. The van der Waals surface area contributed by atoms with E-state index in [1.54, 1.807) is 0 Å². The first-order valence-electron chi connectivity index (χ1n) is 10.4. The molecule has 0 radical (unpaired) electrons. The van der Waals surface area contributed by atoms with Crippen LogP contribution in [-0.4, -0.2) is 29.6 Å². The van der Waals surface area contributed by atoms with Crippen molar-refractivity contribution >= 4 is 28.2 Å². The summed E-state index contributed by atoms with van der Waals surface area (Å²) in [7, 11) is 4.39. The maximum absolute atomic E-state index is 5.94. The molecule has 2 aromatic carbocycles. The van der Waals surface area contributed by atoms with Gasteiger partial charge in [0, 0.05) is 54.7 Å². The zero-order chi connectivity index (χ0) is 20.7. The summed E-state index contributed by atoms with van der Waals surface area (Å²) in [6.07, 6.45) is 7.40. The van der Waals surface area contributed by atoms with E-state index < -0.39 is 0 Å².